The maximum atomic E-state index is 6.19. The summed E-state index contributed by atoms with van der Waals surface area (Å²) in [7, 11) is 0. The van der Waals surface area contributed by atoms with Crippen molar-refractivity contribution in [1.82, 2.24) is 9.97 Å². The number of nitrogens with zero attached hydrogens (tertiary/aromatic N) is 2. The van der Waals surface area contributed by atoms with Gasteiger partial charge in [0.2, 0.25) is 5.95 Å². The second kappa shape index (κ2) is 4.21. The van der Waals surface area contributed by atoms with Crippen LogP contribution in [0.25, 0.3) is 0 Å². The van der Waals surface area contributed by atoms with Gasteiger partial charge in [-0.2, -0.15) is 0 Å². The highest BCUT2D eigenvalue weighted by molar-refractivity contribution is 6.30. The lowest BCUT2D eigenvalue weighted by molar-refractivity contribution is 0.618. The summed E-state index contributed by atoms with van der Waals surface area (Å²) in [6.45, 7) is 6.26. The highest BCUT2D eigenvalue weighted by atomic mass is 35.5. The second-order valence-electron chi connectivity index (χ2n) is 5.35. The molecule has 0 radical (unpaired) electrons. The zero-order chi connectivity index (χ0) is 11.8. The predicted octanol–water partition coefficient (Wildman–Crippen LogP) is 3.22. The molecule has 88 valence electrons. The number of anilines is 1. The van der Waals surface area contributed by atoms with E-state index < -0.39 is 0 Å². The molecule has 0 saturated carbocycles. The molecule has 0 saturated heterocycles. The van der Waals surface area contributed by atoms with Gasteiger partial charge in [0.15, 0.2) is 0 Å². The first-order chi connectivity index (χ1) is 7.46. The van der Waals surface area contributed by atoms with Gasteiger partial charge in [-0.05, 0) is 46.5 Å². The molecule has 16 heavy (non-hydrogen) atoms. The minimum absolute atomic E-state index is 0.0355. The zero-order valence-corrected chi connectivity index (χ0v) is 10.9. The van der Waals surface area contributed by atoms with Crippen molar-refractivity contribution in [3.8, 4) is 0 Å². The van der Waals surface area contributed by atoms with E-state index in [9.17, 15) is 0 Å². The fourth-order valence-electron chi connectivity index (χ4n) is 1.94. The molecule has 1 aromatic heterocycles. The lowest BCUT2D eigenvalue weighted by Gasteiger charge is -2.23. The van der Waals surface area contributed by atoms with Crippen LogP contribution in [0.15, 0.2) is 0 Å². The molecule has 1 aromatic rings. The number of aromatic nitrogens is 2. The van der Waals surface area contributed by atoms with Crippen molar-refractivity contribution in [2.24, 2.45) is 0 Å². The Labute approximate surface area is 102 Å². The van der Waals surface area contributed by atoms with Gasteiger partial charge >= 0.3 is 0 Å². The Hall–Kier alpha value is -0.830. The first-order valence-electron chi connectivity index (χ1n) is 5.79. The number of aryl methyl sites for hydroxylation is 1. The van der Waals surface area contributed by atoms with Crippen LogP contribution in [-0.2, 0) is 12.8 Å². The van der Waals surface area contributed by atoms with Crippen molar-refractivity contribution in [2.75, 3.05) is 5.32 Å². The van der Waals surface area contributed by atoms with Gasteiger partial charge in [0.25, 0.3) is 0 Å². The summed E-state index contributed by atoms with van der Waals surface area (Å²) in [6, 6.07) is 0. The molecule has 0 spiro atoms. The lowest BCUT2D eigenvalue weighted by Crippen LogP contribution is -2.28. The van der Waals surface area contributed by atoms with Crippen molar-refractivity contribution in [3.05, 3.63) is 16.4 Å². The largest absolute Gasteiger partial charge is 0.350 e. The summed E-state index contributed by atoms with van der Waals surface area (Å²) in [5.74, 6) is 0.651. The average molecular weight is 240 g/mol. The van der Waals surface area contributed by atoms with Crippen LogP contribution in [0.4, 0.5) is 5.95 Å². The van der Waals surface area contributed by atoms with Gasteiger partial charge in [0, 0.05) is 11.1 Å². The summed E-state index contributed by atoms with van der Waals surface area (Å²) in [5, 5.41) is 3.89. The molecule has 4 heteroatoms. The molecule has 1 aliphatic rings. The van der Waals surface area contributed by atoms with E-state index >= 15 is 0 Å². The smallest absolute Gasteiger partial charge is 0.224 e. The Balaban J connectivity index is 2.32. The Morgan fingerprint density at radius 3 is 2.50 bits per heavy atom. The van der Waals surface area contributed by atoms with Crippen LogP contribution in [-0.4, -0.2) is 15.5 Å². The SMILES string of the molecule is CC(C)(C)Nc1nc(Cl)c2c(n1)CCCC2. The van der Waals surface area contributed by atoms with Crippen LogP contribution in [0.2, 0.25) is 5.15 Å². The van der Waals surface area contributed by atoms with E-state index in [4.69, 9.17) is 11.6 Å². The number of rotatable bonds is 1. The van der Waals surface area contributed by atoms with E-state index in [-0.39, 0.29) is 5.54 Å². The highest BCUT2D eigenvalue weighted by Crippen LogP contribution is 2.26. The molecular weight excluding hydrogens is 222 g/mol. The fraction of sp³-hybridized carbons (Fsp3) is 0.667. The molecule has 2 rings (SSSR count). The molecule has 1 N–H and O–H groups in total. The lowest BCUT2D eigenvalue weighted by atomic mass is 9.97. The Bertz CT molecular complexity index is 396. The number of fused-ring (bicyclic) bond motifs is 1. The third-order valence-corrected chi connectivity index (χ3v) is 2.93. The van der Waals surface area contributed by atoms with E-state index in [0.717, 1.165) is 24.1 Å². The molecule has 1 heterocycles. The molecular formula is C12H18ClN3. The summed E-state index contributed by atoms with van der Waals surface area (Å²) in [6.07, 6.45) is 4.44. The van der Waals surface area contributed by atoms with Crippen molar-refractivity contribution in [3.63, 3.8) is 0 Å². The molecule has 0 bridgehead atoms. The summed E-state index contributed by atoms with van der Waals surface area (Å²) < 4.78 is 0. The normalized spacial score (nSPS) is 15.8. The van der Waals surface area contributed by atoms with Gasteiger partial charge in [-0.3, -0.25) is 0 Å². The Morgan fingerprint density at radius 2 is 1.81 bits per heavy atom. The molecule has 3 nitrogen and oxygen atoms in total. The predicted molar refractivity (Wildman–Crippen MR) is 67.1 cm³/mol. The molecule has 0 fully saturated rings. The van der Waals surface area contributed by atoms with Crippen molar-refractivity contribution in [2.45, 2.75) is 52.0 Å². The molecule has 0 aromatic carbocycles. The minimum atomic E-state index is -0.0355. The van der Waals surface area contributed by atoms with Crippen molar-refractivity contribution >= 4 is 17.5 Å². The van der Waals surface area contributed by atoms with Gasteiger partial charge in [0.1, 0.15) is 5.15 Å². The number of nitrogens with one attached hydrogen (secondary N) is 1. The van der Waals surface area contributed by atoms with Crippen LogP contribution < -0.4 is 5.32 Å². The van der Waals surface area contributed by atoms with Gasteiger partial charge in [-0.1, -0.05) is 11.6 Å². The van der Waals surface area contributed by atoms with Crippen LogP contribution in [0.1, 0.15) is 44.9 Å². The quantitative estimate of drug-likeness (QED) is 0.765. The van der Waals surface area contributed by atoms with E-state index in [2.05, 4.69) is 36.1 Å². The van der Waals surface area contributed by atoms with E-state index in [1.54, 1.807) is 0 Å². The first kappa shape index (κ1) is 11.6. The Kier molecular flexibility index (Phi) is 3.06. The molecule has 0 aliphatic heterocycles. The van der Waals surface area contributed by atoms with Crippen LogP contribution >= 0.6 is 11.6 Å². The van der Waals surface area contributed by atoms with Gasteiger partial charge < -0.3 is 5.32 Å². The molecule has 0 atom stereocenters. The minimum Gasteiger partial charge on any atom is -0.350 e. The highest BCUT2D eigenvalue weighted by Gasteiger charge is 2.18. The van der Waals surface area contributed by atoms with Crippen LogP contribution in [0.5, 0.6) is 0 Å². The maximum Gasteiger partial charge on any atom is 0.224 e. The third-order valence-electron chi connectivity index (χ3n) is 2.62. The molecule has 0 unspecified atom stereocenters. The van der Waals surface area contributed by atoms with Crippen LogP contribution in [0, 0.1) is 0 Å². The molecule has 1 aliphatic carbocycles. The summed E-state index contributed by atoms with van der Waals surface area (Å²) in [4.78, 5) is 8.87. The second-order valence-corrected chi connectivity index (χ2v) is 5.70. The maximum absolute atomic E-state index is 6.19. The van der Waals surface area contributed by atoms with Crippen molar-refractivity contribution in [1.29, 1.82) is 0 Å². The topological polar surface area (TPSA) is 37.8 Å². The van der Waals surface area contributed by atoms with E-state index in [0.29, 0.717) is 11.1 Å². The number of hydrogen-bond acceptors (Lipinski definition) is 3. The van der Waals surface area contributed by atoms with Crippen molar-refractivity contribution < 1.29 is 0 Å². The van der Waals surface area contributed by atoms with E-state index in [1.807, 2.05) is 0 Å². The van der Waals surface area contributed by atoms with Gasteiger partial charge in [-0.25, -0.2) is 9.97 Å². The first-order valence-corrected chi connectivity index (χ1v) is 6.17. The third kappa shape index (κ3) is 2.64. The monoisotopic (exact) mass is 239 g/mol. The van der Waals surface area contributed by atoms with Gasteiger partial charge in [0.05, 0.1) is 5.69 Å². The number of hydrogen-bond donors (Lipinski definition) is 1. The summed E-state index contributed by atoms with van der Waals surface area (Å²) >= 11 is 6.19. The van der Waals surface area contributed by atoms with Crippen LogP contribution in [0.3, 0.4) is 0 Å². The zero-order valence-electron chi connectivity index (χ0n) is 10.1. The number of halogens is 1. The van der Waals surface area contributed by atoms with Gasteiger partial charge in [-0.15, -0.1) is 0 Å². The average Bonchev–Trinajstić information content (AvgIpc) is 2.15. The Morgan fingerprint density at radius 1 is 1.12 bits per heavy atom. The fourth-order valence-corrected chi connectivity index (χ4v) is 2.22. The summed E-state index contributed by atoms with van der Waals surface area (Å²) in [5.41, 5.74) is 2.23. The molecule has 0 amide bonds. The van der Waals surface area contributed by atoms with E-state index in [1.165, 1.54) is 12.8 Å². The standard InChI is InChI=1S/C12H18ClN3/c1-12(2,3)16-11-14-9-7-5-4-6-8(9)10(13)15-11/h4-7H2,1-3H3,(H,14,15,16).